The lowest BCUT2D eigenvalue weighted by atomic mass is 9.96. The van der Waals surface area contributed by atoms with Crippen molar-refractivity contribution >= 4 is 17.7 Å². The number of carbonyl (C=O) groups excluding carboxylic acids is 3. The first kappa shape index (κ1) is 13.1. The molecule has 0 fully saturated rings. The van der Waals surface area contributed by atoms with E-state index in [1.54, 1.807) is 0 Å². The molecule has 1 aliphatic rings. The van der Waals surface area contributed by atoms with Crippen LogP contribution in [0.5, 0.6) is 0 Å². The van der Waals surface area contributed by atoms with Gasteiger partial charge in [-0.05, 0) is 12.2 Å². The number of carbonyl (C=O) groups is 3. The number of allylic oxidation sites excluding steroid dienone is 2. The van der Waals surface area contributed by atoms with E-state index in [-0.39, 0.29) is 5.57 Å². The Balaban J connectivity index is 3.26. The highest BCUT2D eigenvalue weighted by Gasteiger charge is 2.49. The van der Waals surface area contributed by atoms with Crippen molar-refractivity contribution in [3.05, 3.63) is 23.8 Å². The summed E-state index contributed by atoms with van der Waals surface area (Å²) in [5, 5.41) is 0. The fourth-order valence-electron chi connectivity index (χ4n) is 1.46. The number of ether oxygens (including phenoxy) is 3. The molecule has 17 heavy (non-hydrogen) atoms. The molecule has 1 rings (SSSR count). The minimum atomic E-state index is -2.05. The third-order valence-corrected chi connectivity index (χ3v) is 2.17. The highest BCUT2D eigenvalue weighted by Crippen LogP contribution is 2.29. The highest BCUT2D eigenvalue weighted by atomic mass is 16.7. The first-order chi connectivity index (χ1) is 7.97. The summed E-state index contributed by atoms with van der Waals surface area (Å²) in [5.74, 6) is -4.25. The third kappa shape index (κ3) is 2.26. The molecule has 0 heterocycles. The fourth-order valence-corrected chi connectivity index (χ4v) is 1.46. The van der Waals surface area contributed by atoms with Gasteiger partial charge in [-0.3, -0.25) is 9.59 Å². The summed E-state index contributed by atoms with van der Waals surface area (Å²) in [6.45, 7) is 1.11. The van der Waals surface area contributed by atoms with E-state index in [0.29, 0.717) is 0 Å². The molecule has 0 N–H and O–H groups in total. The van der Waals surface area contributed by atoms with Crippen molar-refractivity contribution in [3.8, 4) is 0 Å². The van der Waals surface area contributed by atoms with Gasteiger partial charge < -0.3 is 14.2 Å². The van der Waals surface area contributed by atoms with Crippen LogP contribution in [-0.4, -0.2) is 37.7 Å². The Kier molecular flexibility index (Phi) is 3.80. The van der Waals surface area contributed by atoms with Gasteiger partial charge in [-0.2, -0.15) is 0 Å². The maximum atomic E-state index is 11.8. The standard InChI is InChI=1S/C11H12O6/c1-7(12)17-11(16-3)8(10(14)15-2)5-4-6-9(11)13/h4-6H,1-3H3/t11-/m1/s1. The van der Waals surface area contributed by atoms with Crippen LogP contribution in [0.25, 0.3) is 0 Å². The largest absolute Gasteiger partial charge is 0.465 e. The van der Waals surface area contributed by atoms with E-state index in [9.17, 15) is 14.4 Å². The summed E-state index contributed by atoms with van der Waals surface area (Å²) in [4.78, 5) is 34.3. The lowest BCUT2D eigenvalue weighted by molar-refractivity contribution is -0.204. The van der Waals surface area contributed by atoms with Crippen LogP contribution in [0.2, 0.25) is 0 Å². The molecule has 0 aromatic rings. The van der Waals surface area contributed by atoms with Crippen LogP contribution in [0, 0.1) is 0 Å². The van der Waals surface area contributed by atoms with Crippen molar-refractivity contribution in [3.63, 3.8) is 0 Å². The predicted molar refractivity (Wildman–Crippen MR) is 55.8 cm³/mol. The summed E-state index contributed by atoms with van der Waals surface area (Å²) >= 11 is 0. The molecule has 0 aromatic heterocycles. The van der Waals surface area contributed by atoms with Crippen molar-refractivity contribution in [2.45, 2.75) is 12.7 Å². The molecule has 1 aliphatic carbocycles. The Morgan fingerprint density at radius 3 is 2.41 bits per heavy atom. The summed E-state index contributed by atoms with van der Waals surface area (Å²) in [7, 11) is 2.32. The van der Waals surface area contributed by atoms with Gasteiger partial charge >= 0.3 is 17.7 Å². The first-order valence-corrected chi connectivity index (χ1v) is 4.74. The second kappa shape index (κ2) is 4.92. The molecule has 0 radical (unpaired) electrons. The number of methoxy groups -OCH3 is 2. The van der Waals surface area contributed by atoms with Gasteiger partial charge in [-0.25, -0.2) is 4.79 Å². The van der Waals surface area contributed by atoms with E-state index >= 15 is 0 Å². The Hall–Kier alpha value is -1.95. The molecule has 0 saturated heterocycles. The molecule has 0 spiro atoms. The van der Waals surface area contributed by atoms with Gasteiger partial charge in [0, 0.05) is 14.0 Å². The topological polar surface area (TPSA) is 78.9 Å². The van der Waals surface area contributed by atoms with Crippen molar-refractivity contribution in [1.29, 1.82) is 0 Å². The van der Waals surface area contributed by atoms with Crippen molar-refractivity contribution < 1.29 is 28.6 Å². The van der Waals surface area contributed by atoms with E-state index in [1.807, 2.05) is 0 Å². The molecule has 6 heteroatoms. The quantitative estimate of drug-likeness (QED) is 0.515. The van der Waals surface area contributed by atoms with Crippen molar-refractivity contribution in [2.75, 3.05) is 14.2 Å². The first-order valence-electron chi connectivity index (χ1n) is 4.74. The average molecular weight is 240 g/mol. The predicted octanol–water partition coefficient (Wildman–Crippen LogP) is 0.130. The summed E-state index contributed by atoms with van der Waals surface area (Å²) in [6, 6.07) is 0. The van der Waals surface area contributed by atoms with Gasteiger partial charge in [-0.1, -0.05) is 6.08 Å². The van der Waals surface area contributed by atoms with Crippen LogP contribution in [0.3, 0.4) is 0 Å². The lowest BCUT2D eigenvalue weighted by Gasteiger charge is -2.31. The van der Waals surface area contributed by atoms with Crippen LogP contribution in [0.15, 0.2) is 23.8 Å². The number of hydrogen-bond acceptors (Lipinski definition) is 6. The zero-order chi connectivity index (χ0) is 13.1. The number of esters is 2. The Morgan fingerprint density at radius 2 is 1.94 bits per heavy atom. The molecular formula is C11H12O6. The van der Waals surface area contributed by atoms with E-state index in [4.69, 9.17) is 9.47 Å². The van der Waals surface area contributed by atoms with Gasteiger partial charge in [0.15, 0.2) is 0 Å². The smallest absolute Gasteiger partial charge is 0.340 e. The molecular weight excluding hydrogens is 228 g/mol. The van der Waals surface area contributed by atoms with Crippen LogP contribution in [0.4, 0.5) is 0 Å². The normalized spacial score (nSPS) is 23.0. The molecule has 6 nitrogen and oxygen atoms in total. The van der Waals surface area contributed by atoms with Gasteiger partial charge in [-0.15, -0.1) is 0 Å². The van der Waals surface area contributed by atoms with Crippen molar-refractivity contribution in [1.82, 2.24) is 0 Å². The second-order valence-corrected chi connectivity index (χ2v) is 3.21. The second-order valence-electron chi connectivity index (χ2n) is 3.21. The van der Waals surface area contributed by atoms with Crippen LogP contribution in [0.1, 0.15) is 6.92 Å². The van der Waals surface area contributed by atoms with E-state index in [0.717, 1.165) is 27.2 Å². The van der Waals surface area contributed by atoms with E-state index < -0.39 is 23.5 Å². The average Bonchev–Trinajstić information content (AvgIpc) is 2.30. The summed E-state index contributed by atoms with van der Waals surface area (Å²) < 4.78 is 14.3. The fraction of sp³-hybridized carbons (Fsp3) is 0.364. The zero-order valence-corrected chi connectivity index (χ0v) is 9.68. The minimum Gasteiger partial charge on any atom is -0.465 e. The number of rotatable bonds is 3. The SMILES string of the molecule is COC(=O)C1=CC=CC(=O)[C@]1(OC)OC(C)=O. The molecule has 0 aromatic carbocycles. The molecule has 0 unspecified atom stereocenters. The van der Waals surface area contributed by atoms with Gasteiger partial charge in [0.2, 0.25) is 5.78 Å². The number of hydrogen-bond donors (Lipinski definition) is 0. The van der Waals surface area contributed by atoms with Crippen molar-refractivity contribution in [2.24, 2.45) is 0 Å². The lowest BCUT2D eigenvalue weighted by Crippen LogP contribution is -2.49. The van der Waals surface area contributed by atoms with Crippen LogP contribution < -0.4 is 0 Å². The third-order valence-electron chi connectivity index (χ3n) is 2.17. The Labute approximate surface area is 97.8 Å². The summed E-state index contributed by atoms with van der Waals surface area (Å²) in [6.07, 6.45) is 3.81. The van der Waals surface area contributed by atoms with Gasteiger partial charge in [0.05, 0.1) is 7.11 Å². The minimum absolute atomic E-state index is 0.176. The van der Waals surface area contributed by atoms with E-state index in [1.165, 1.54) is 12.2 Å². The molecule has 0 bridgehead atoms. The Bertz CT molecular complexity index is 420. The summed E-state index contributed by atoms with van der Waals surface area (Å²) in [5.41, 5.74) is -0.176. The van der Waals surface area contributed by atoms with Crippen LogP contribution in [-0.2, 0) is 28.6 Å². The Morgan fingerprint density at radius 1 is 1.29 bits per heavy atom. The molecule has 0 saturated carbocycles. The van der Waals surface area contributed by atoms with Gasteiger partial charge in [0.25, 0.3) is 0 Å². The van der Waals surface area contributed by atoms with E-state index in [2.05, 4.69) is 4.74 Å². The zero-order valence-electron chi connectivity index (χ0n) is 9.68. The monoisotopic (exact) mass is 240 g/mol. The molecule has 1 atom stereocenters. The maximum absolute atomic E-state index is 11.8. The maximum Gasteiger partial charge on any atom is 0.340 e. The van der Waals surface area contributed by atoms with Crippen LogP contribution >= 0.6 is 0 Å². The molecule has 0 amide bonds. The molecule has 0 aliphatic heterocycles. The highest BCUT2D eigenvalue weighted by molar-refractivity contribution is 6.09. The number of ketones is 1. The molecule has 92 valence electrons. The van der Waals surface area contributed by atoms with Gasteiger partial charge in [0.1, 0.15) is 5.57 Å².